The van der Waals surface area contributed by atoms with E-state index in [2.05, 4.69) is 4.72 Å². The lowest BCUT2D eigenvalue weighted by Gasteiger charge is -2.20. The van der Waals surface area contributed by atoms with Gasteiger partial charge in [-0.05, 0) is 35.4 Å². The van der Waals surface area contributed by atoms with E-state index in [-0.39, 0.29) is 4.90 Å². The van der Waals surface area contributed by atoms with Crippen molar-refractivity contribution in [2.75, 3.05) is 0 Å². The molecule has 1 N–H and O–H groups in total. The molecule has 3 rings (SSSR count). The van der Waals surface area contributed by atoms with E-state index < -0.39 is 16.1 Å². The van der Waals surface area contributed by atoms with Gasteiger partial charge in [-0.25, -0.2) is 8.42 Å². The smallest absolute Gasteiger partial charge is 0.207 e. The first kappa shape index (κ1) is 16.7. The molecule has 3 aromatic rings. The number of halogens is 1. The second kappa shape index (κ2) is 7.18. The molecule has 0 radical (unpaired) electrons. The molecule has 0 saturated carbocycles. The van der Waals surface area contributed by atoms with Gasteiger partial charge in [-0.3, -0.25) is 0 Å². The molecule has 24 heavy (non-hydrogen) atoms. The normalized spacial score (nSPS) is 11.6. The van der Waals surface area contributed by atoms with Crippen LogP contribution in [0.25, 0.3) is 0 Å². The number of sulfonamides is 1. The predicted octanol–water partition coefficient (Wildman–Crippen LogP) is 4.41. The Kier molecular flexibility index (Phi) is 5.00. The van der Waals surface area contributed by atoms with Gasteiger partial charge in [-0.15, -0.1) is 0 Å². The van der Waals surface area contributed by atoms with Gasteiger partial charge >= 0.3 is 0 Å². The summed E-state index contributed by atoms with van der Waals surface area (Å²) in [6.45, 7) is 0. The van der Waals surface area contributed by atoms with Crippen molar-refractivity contribution in [2.24, 2.45) is 0 Å². The Morgan fingerprint density at radius 1 is 0.708 bits per heavy atom. The van der Waals surface area contributed by atoms with Crippen molar-refractivity contribution in [3.05, 3.63) is 101 Å². The second-order valence-corrected chi connectivity index (χ2v) is 7.48. The molecule has 3 nitrogen and oxygen atoms in total. The molecule has 0 atom stereocenters. The minimum absolute atomic E-state index is 0.184. The highest BCUT2D eigenvalue weighted by Gasteiger charge is 2.22. The number of benzene rings is 3. The first-order valence-corrected chi connectivity index (χ1v) is 9.30. The Balaban J connectivity index is 1.99. The van der Waals surface area contributed by atoms with Crippen molar-refractivity contribution in [2.45, 2.75) is 10.9 Å². The summed E-state index contributed by atoms with van der Waals surface area (Å²) in [6.07, 6.45) is 0. The molecule has 0 heterocycles. The number of nitrogens with one attached hydrogen (secondary N) is 1. The molecule has 3 aromatic carbocycles. The van der Waals surface area contributed by atoms with E-state index in [1.165, 1.54) is 12.1 Å². The Morgan fingerprint density at radius 3 is 1.62 bits per heavy atom. The Morgan fingerprint density at radius 2 is 1.17 bits per heavy atom. The van der Waals surface area contributed by atoms with Crippen molar-refractivity contribution in [3.8, 4) is 0 Å². The molecular weight excluding hydrogens is 342 g/mol. The fourth-order valence-corrected chi connectivity index (χ4v) is 3.80. The maximum absolute atomic E-state index is 12.7. The molecule has 0 aliphatic rings. The second-order valence-electron chi connectivity index (χ2n) is 5.33. The average molecular weight is 358 g/mol. The van der Waals surface area contributed by atoms with Gasteiger partial charge in [0, 0.05) is 5.02 Å². The van der Waals surface area contributed by atoms with E-state index >= 15 is 0 Å². The van der Waals surface area contributed by atoms with E-state index in [0.717, 1.165) is 11.1 Å². The molecular formula is C19H16ClNO2S. The zero-order valence-corrected chi connectivity index (χ0v) is 14.3. The Labute approximate surface area is 147 Å². The number of rotatable bonds is 5. The fourth-order valence-electron chi connectivity index (χ4n) is 2.46. The van der Waals surface area contributed by atoms with Gasteiger partial charge in [0.2, 0.25) is 10.0 Å². The average Bonchev–Trinajstić information content (AvgIpc) is 2.62. The van der Waals surface area contributed by atoms with Crippen molar-refractivity contribution < 1.29 is 8.42 Å². The third kappa shape index (κ3) is 3.85. The van der Waals surface area contributed by atoms with Crippen LogP contribution in [0.15, 0.2) is 89.8 Å². The van der Waals surface area contributed by atoms with Gasteiger partial charge in [0.25, 0.3) is 0 Å². The lowest BCUT2D eigenvalue weighted by Crippen LogP contribution is -2.29. The van der Waals surface area contributed by atoms with Gasteiger partial charge < -0.3 is 0 Å². The summed E-state index contributed by atoms with van der Waals surface area (Å²) in [7, 11) is -3.68. The maximum atomic E-state index is 12.7. The highest BCUT2D eigenvalue weighted by molar-refractivity contribution is 7.89. The molecule has 0 bridgehead atoms. The first-order valence-electron chi connectivity index (χ1n) is 7.44. The van der Waals surface area contributed by atoms with Crippen LogP contribution in [-0.4, -0.2) is 8.42 Å². The molecule has 0 aliphatic heterocycles. The third-order valence-corrected chi connectivity index (χ3v) is 5.35. The molecule has 0 aliphatic carbocycles. The third-order valence-electron chi connectivity index (χ3n) is 3.66. The summed E-state index contributed by atoms with van der Waals surface area (Å²) in [5.74, 6) is 0. The van der Waals surface area contributed by atoms with E-state index in [9.17, 15) is 8.42 Å². The monoisotopic (exact) mass is 357 g/mol. The SMILES string of the molecule is O=S(=O)(NC(c1ccccc1)c1ccccc1)c1ccc(Cl)cc1. The zero-order valence-electron chi connectivity index (χ0n) is 12.8. The van der Waals surface area contributed by atoms with E-state index in [1.54, 1.807) is 12.1 Å². The summed E-state index contributed by atoms with van der Waals surface area (Å²) in [5, 5.41) is 0.497. The van der Waals surface area contributed by atoms with Crippen LogP contribution in [0.2, 0.25) is 5.02 Å². The van der Waals surface area contributed by atoms with Crippen molar-refractivity contribution in [1.29, 1.82) is 0 Å². The number of hydrogen-bond acceptors (Lipinski definition) is 2. The highest BCUT2D eigenvalue weighted by atomic mass is 35.5. The molecule has 0 amide bonds. The van der Waals surface area contributed by atoms with Crippen molar-refractivity contribution in [1.82, 2.24) is 4.72 Å². The van der Waals surface area contributed by atoms with Crippen molar-refractivity contribution in [3.63, 3.8) is 0 Å². The minimum Gasteiger partial charge on any atom is -0.207 e. The Hall–Kier alpha value is -2.14. The van der Waals surface area contributed by atoms with Crippen LogP contribution in [0, 0.1) is 0 Å². The minimum atomic E-state index is -3.68. The number of hydrogen-bond donors (Lipinski definition) is 1. The highest BCUT2D eigenvalue weighted by Crippen LogP contribution is 2.24. The van der Waals surface area contributed by atoms with Crippen LogP contribution in [0.5, 0.6) is 0 Å². The largest absolute Gasteiger partial charge is 0.241 e. The molecule has 0 fully saturated rings. The molecule has 0 saturated heterocycles. The zero-order chi connectivity index (χ0) is 17.0. The quantitative estimate of drug-likeness (QED) is 0.735. The van der Waals surface area contributed by atoms with E-state index in [0.29, 0.717) is 5.02 Å². The molecule has 0 spiro atoms. The van der Waals surface area contributed by atoms with E-state index in [4.69, 9.17) is 11.6 Å². The summed E-state index contributed by atoms with van der Waals surface area (Å²) in [6, 6.07) is 24.6. The van der Waals surface area contributed by atoms with Crippen LogP contribution < -0.4 is 4.72 Å². The van der Waals surface area contributed by atoms with Crippen LogP contribution in [0.1, 0.15) is 17.2 Å². The summed E-state index contributed by atoms with van der Waals surface area (Å²) in [5.41, 5.74) is 1.75. The molecule has 0 unspecified atom stereocenters. The Bertz CT molecular complexity index is 856. The fraction of sp³-hybridized carbons (Fsp3) is 0.0526. The standard InChI is InChI=1S/C19H16ClNO2S/c20-17-11-13-18(14-12-17)24(22,23)21-19(15-7-3-1-4-8-15)16-9-5-2-6-10-16/h1-14,19,21H. The molecule has 0 aromatic heterocycles. The molecule has 5 heteroatoms. The van der Waals surface area contributed by atoms with Crippen LogP contribution in [0.3, 0.4) is 0 Å². The van der Waals surface area contributed by atoms with E-state index in [1.807, 2.05) is 60.7 Å². The topological polar surface area (TPSA) is 46.2 Å². The van der Waals surface area contributed by atoms with Crippen LogP contribution in [-0.2, 0) is 10.0 Å². The maximum Gasteiger partial charge on any atom is 0.241 e. The van der Waals surface area contributed by atoms with Crippen LogP contribution >= 0.6 is 11.6 Å². The van der Waals surface area contributed by atoms with Crippen LogP contribution in [0.4, 0.5) is 0 Å². The summed E-state index contributed by atoms with van der Waals surface area (Å²) >= 11 is 5.84. The summed E-state index contributed by atoms with van der Waals surface area (Å²) in [4.78, 5) is 0.184. The van der Waals surface area contributed by atoms with Gasteiger partial charge in [0.05, 0.1) is 10.9 Å². The lowest BCUT2D eigenvalue weighted by molar-refractivity contribution is 0.572. The molecule has 122 valence electrons. The predicted molar refractivity (Wildman–Crippen MR) is 96.5 cm³/mol. The van der Waals surface area contributed by atoms with Gasteiger partial charge in [0.15, 0.2) is 0 Å². The van der Waals surface area contributed by atoms with Gasteiger partial charge in [-0.2, -0.15) is 4.72 Å². The lowest BCUT2D eigenvalue weighted by atomic mass is 10.00. The van der Waals surface area contributed by atoms with Gasteiger partial charge in [0.1, 0.15) is 0 Å². The summed E-state index contributed by atoms with van der Waals surface area (Å²) < 4.78 is 28.3. The first-order chi connectivity index (χ1) is 11.6. The van der Waals surface area contributed by atoms with Gasteiger partial charge in [-0.1, -0.05) is 72.3 Å². The van der Waals surface area contributed by atoms with Crippen molar-refractivity contribution >= 4 is 21.6 Å².